The van der Waals surface area contributed by atoms with Gasteiger partial charge in [0.15, 0.2) is 5.13 Å². The number of likely N-dealkylation sites (N-methyl/N-ethyl adjacent to an activating group) is 1. The second-order valence-electron chi connectivity index (χ2n) is 4.93. The third kappa shape index (κ3) is 2.72. The predicted molar refractivity (Wildman–Crippen MR) is 80.4 cm³/mol. The molecule has 0 atom stereocenters. The van der Waals surface area contributed by atoms with Gasteiger partial charge in [0, 0.05) is 50.0 Å². The van der Waals surface area contributed by atoms with Gasteiger partial charge in [0.25, 0.3) is 0 Å². The number of hydrogen-bond donors (Lipinski definition) is 1. The minimum Gasteiger partial charge on any atom is -0.375 e. The van der Waals surface area contributed by atoms with E-state index in [1.54, 1.807) is 11.3 Å². The number of hydrogen-bond acceptors (Lipinski definition) is 5. The molecule has 2 aromatic rings. The van der Waals surface area contributed by atoms with E-state index in [0.717, 1.165) is 26.2 Å². The molecule has 0 unspecified atom stereocenters. The molecule has 1 aromatic carbocycles. The van der Waals surface area contributed by atoms with E-state index < -0.39 is 0 Å². The van der Waals surface area contributed by atoms with Crippen LogP contribution in [0.1, 0.15) is 10.4 Å². The van der Waals surface area contributed by atoms with Crippen LogP contribution in [0.3, 0.4) is 0 Å². The largest absolute Gasteiger partial charge is 0.375 e. The normalized spacial score (nSPS) is 16.2. The second kappa shape index (κ2) is 5.19. The Hall–Kier alpha value is -1.59. The summed E-state index contributed by atoms with van der Waals surface area (Å²) >= 11 is 1.58. The molecule has 4 nitrogen and oxygen atoms in total. The Balaban J connectivity index is 1.79. The van der Waals surface area contributed by atoms with Crippen molar-refractivity contribution in [1.29, 1.82) is 0 Å². The molecule has 1 aliphatic rings. The van der Waals surface area contributed by atoms with Gasteiger partial charge in [-0.2, -0.15) is 0 Å². The lowest BCUT2D eigenvalue weighted by atomic mass is 10.1. The molecule has 0 saturated heterocycles. The summed E-state index contributed by atoms with van der Waals surface area (Å²) in [4.78, 5) is 10.1. The van der Waals surface area contributed by atoms with Gasteiger partial charge in [-0.15, -0.1) is 11.3 Å². The molecule has 0 bridgehead atoms. The first-order valence-corrected chi connectivity index (χ1v) is 7.25. The van der Waals surface area contributed by atoms with Crippen LogP contribution >= 0.6 is 11.3 Å². The van der Waals surface area contributed by atoms with E-state index in [1.807, 2.05) is 6.20 Å². The molecule has 1 aromatic heterocycles. The maximum absolute atomic E-state index is 5.69. The van der Waals surface area contributed by atoms with E-state index in [2.05, 4.69) is 46.1 Å². The van der Waals surface area contributed by atoms with E-state index in [-0.39, 0.29) is 0 Å². The average molecular weight is 274 g/mol. The summed E-state index contributed by atoms with van der Waals surface area (Å²) < 4.78 is 0. The quantitative estimate of drug-likeness (QED) is 0.911. The maximum Gasteiger partial charge on any atom is 0.180 e. The molecule has 0 fully saturated rings. The molecule has 0 spiro atoms. The van der Waals surface area contributed by atoms with Gasteiger partial charge in [0.2, 0.25) is 0 Å². The zero-order chi connectivity index (χ0) is 13.2. The van der Waals surface area contributed by atoms with Crippen molar-refractivity contribution in [2.45, 2.75) is 13.1 Å². The minimum atomic E-state index is 0.655. The van der Waals surface area contributed by atoms with Crippen molar-refractivity contribution in [1.82, 2.24) is 9.88 Å². The fraction of sp³-hybridized carbons (Fsp3) is 0.357. The number of nitrogen functional groups attached to an aromatic ring is 1. The second-order valence-corrected chi connectivity index (χ2v) is 6.07. The van der Waals surface area contributed by atoms with Crippen molar-refractivity contribution in [3.63, 3.8) is 0 Å². The average Bonchev–Trinajstić information content (AvgIpc) is 2.74. The van der Waals surface area contributed by atoms with E-state index in [0.29, 0.717) is 5.13 Å². The number of anilines is 2. The number of aromatic nitrogens is 1. The SMILES string of the molecule is CN1CCN(Cc2cnc(N)s2)Cc2ccccc21. The Morgan fingerprint density at radius 2 is 2.16 bits per heavy atom. The lowest BCUT2D eigenvalue weighted by Gasteiger charge is -2.19. The standard InChI is InChI=1S/C14H18N4S/c1-17-6-7-18(10-12-8-16-14(15)19-12)9-11-4-2-3-5-13(11)17/h2-5,8H,6-7,9-10H2,1H3,(H2,15,16). The van der Waals surface area contributed by atoms with Crippen LogP contribution in [0.25, 0.3) is 0 Å². The predicted octanol–water partition coefficient (Wildman–Crippen LogP) is 2.18. The Morgan fingerprint density at radius 1 is 1.32 bits per heavy atom. The van der Waals surface area contributed by atoms with Gasteiger partial charge in [0.05, 0.1) is 0 Å². The molecular formula is C14H18N4S. The summed E-state index contributed by atoms with van der Waals surface area (Å²) in [6, 6.07) is 8.63. The molecule has 1 aliphatic heterocycles. The maximum atomic E-state index is 5.69. The van der Waals surface area contributed by atoms with Crippen LogP contribution in [-0.2, 0) is 13.1 Å². The number of rotatable bonds is 2. The third-order valence-corrected chi connectivity index (χ3v) is 4.31. The molecule has 0 aliphatic carbocycles. The summed E-state index contributed by atoms with van der Waals surface area (Å²) in [5.74, 6) is 0. The molecule has 2 heterocycles. The third-order valence-electron chi connectivity index (χ3n) is 3.50. The fourth-order valence-corrected chi connectivity index (χ4v) is 3.23. The number of benzene rings is 1. The first-order chi connectivity index (χ1) is 9.22. The molecule has 2 N–H and O–H groups in total. The van der Waals surface area contributed by atoms with Crippen LogP contribution in [0.4, 0.5) is 10.8 Å². The van der Waals surface area contributed by atoms with Crippen molar-refractivity contribution < 1.29 is 0 Å². The molecule has 0 saturated carbocycles. The minimum absolute atomic E-state index is 0.655. The van der Waals surface area contributed by atoms with Crippen molar-refractivity contribution in [3.05, 3.63) is 40.9 Å². The zero-order valence-electron chi connectivity index (χ0n) is 11.0. The zero-order valence-corrected chi connectivity index (χ0v) is 11.9. The van der Waals surface area contributed by atoms with Gasteiger partial charge in [-0.25, -0.2) is 4.98 Å². The summed E-state index contributed by atoms with van der Waals surface area (Å²) in [5, 5.41) is 0.655. The molecule has 3 rings (SSSR count). The van der Waals surface area contributed by atoms with Crippen LogP contribution in [0.15, 0.2) is 30.5 Å². The van der Waals surface area contributed by atoms with Gasteiger partial charge in [-0.1, -0.05) is 18.2 Å². The highest BCUT2D eigenvalue weighted by molar-refractivity contribution is 7.15. The number of nitrogens with two attached hydrogens (primary N) is 1. The van der Waals surface area contributed by atoms with E-state index >= 15 is 0 Å². The van der Waals surface area contributed by atoms with Crippen molar-refractivity contribution in [2.24, 2.45) is 0 Å². The fourth-order valence-electron chi connectivity index (χ4n) is 2.50. The Kier molecular flexibility index (Phi) is 3.40. The molecule has 100 valence electrons. The number of fused-ring (bicyclic) bond motifs is 1. The van der Waals surface area contributed by atoms with Crippen molar-refractivity contribution >= 4 is 22.2 Å². The number of nitrogens with zero attached hydrogens (tertiary/aromatic N) is 3. The summed E-state index contributed by atoms with van der Waals surface area (Å²) in [6.07, 6.45) is 1.89. The monoisotopic (exact) mass is 274 g/mol. The topological polar surface area (TPSA) is 45.4 Å². The Labute approximate surface area is 117 Å². The van der Waals surface area contributed by atoms with Gasteiger partial charge >= 0.3 is 0 Å². The smallest absolute Gasteiger partial charge is 0.180 e. The lowest BCUT2D eigenvalue weighted by molar-refractivity contribution is 0.271. The summed E-state index contributed by atoms with van der Waals surface area (Å²) in [6.45, 7) is 4.02. The number of thiazole rings is 1. The summed E-state index contributed by atoms with van der Waals surface area (Å²) in [7, 11) is 2.16. The van der Waals surface area contributed by atoms with E-state index in [4.69, 9.17) is 5.73 Å². The van der Waals surface area contributed by atoms with Crippen LogP contribution < -0.4 is 10.6 Å². The Bertz CT molecular complexity index is 566. The van der Waals surface area contributed by atoms with Crippen LogP contribution in [0, 0.1) is 0 Å². The van der Waals surface area contributed by atoms with Gasteiger partial charge in [-0.05, 0) is 11.6 Å². The van der Waals surface area contributed by atoms with E-state index in [9.17, 15) is 0 Å². The van der Waals surface area contributed by atoms with Gasteiger partial charge in [-0.3, -0.25) is 4.90 Å². The van der Waals surface area contributed by atoms with E-state index in [1.165, 1.54) is 16.1 Å². The first kappa shape index (κ1) is 12.4. The van der Waals surface area contributed by atoms with Gasteiger partial charge < -0.3 is 10.6 Å². The van der Waals surface area contributed by atoms with Gasteiger partial charge in [0.1, 0.15) is 0 Å². The molecular weight excluding hydrogens is 256 g/mol. The van der Waals surface area contributed by atoms with Crippen LogP contribution in [0.5, 0.6) is 0 Å². The molecule has 5 heteroatoms. The Morgan fingerprint density at radius 3 is 2.95 bits per heavy atom. The summed E-state index contributed by atoms with van der Waals surface area (Å²) in [5.41, 5.74) is 8.42. The molecule has 0 radical (unpaired) electrons. The van der Waals surface area contributed by atoms with Crippen molar-refractivity contribution in [3.8, 4) is 0 Å². The first-order valence-electron chi connectivity index (χ1n) is 6.44. The molecule has 19 heavy (non-hydrogen) atoms. The van der Waals surface area contributed by atoms with Crippen LogP contribution in [0.2, 0.25) is 0 Å². The molecule has 0 amide bonds. The highest BCUT2D eigenvalue weighted by Gasteiger charge is 2.17. The highest BCUT2D eigenvalue weighted by atomic mass is 32.1. The highest BCUT2D eigenvalue weighted by Crippen LogP contribution is 2.25. The van der Waals surface area contributed by atoms with Crippen LogP contribution in [-0.4, -0.2) is 30.0 Å². The lowest BCUT2D eigenvalue weighted by Crippen LogP contribution is -2.28. The van der Waals surface area contributed by atoms with Crippen molar-refractivity contribution in [2.75, 3.05) is 30.8 Å². The number of para-hydroxylation sites is 1.